The first-order chi connectivity index (χ1) is 28.5. The molecule has 5 nitrogen and oxygen atoms in total. The van der Waals surface area contributed by atoms with Gasteiger partial charge in [-0.1, -0.05) is 135 Å². The average Bonchev–Trinajstić information content (AvgIpc) is 3.76. The van der Waals surface area contributed by atoms with Crippen molar-refractivity contribution in [1.29, 1.82) is 0 Å². The first-order valence-corrected chi connectivity index (χ1v) is 21.0. The Labute approximate surface area is 376 Å². The van der Waals surface area contributed by atoms with Gasteiger partial charge in [-0.05, 0) is 87.2 Å². The maximum atomic E-state index is 6.86. The number of pyridine rings is 1. The maximum Gasteiger partial charge on any atom is 0.135 e. The summed E-state index contributed by atoms with van der Waals surface area (Å²) in [6.07, 6.45) is 1.92. The van der Waals surface area contributed by atoms with Crippen LogP contribution in [0.1, 0.15) is 84.6 Å². The van der Waals surface area contributed by atoms with E-state index in [2.05, 4.69) is 224 Å². The summed E-state index contributed by atoms with van der Waals surface area (Å²) in [4.78, 5) is 9.49. The van der Waals surface area contributed by atoms with Crippen molar-refractivity contribution >= 4 is 44.6 Å². The van der Waals surface area contributed by atoms with Crippen molar-refractivity contribution in [2.24, 2.45) is 0 Å². The van der Waals surface area contributed by atoms with Crippen molar-refractivity contribution < 1.29 is 25.8 Å². The molecule has 61 heavy (non-hydrogen) atoms. The Balaban J connectivity index is 0.00000514. The quantitative estimate of drug-likeness (QED) is 0.156. The van der Waals surface area contributed by atoms with Crippen LogP contribution >= 0.6 is 0 Å². The first kappa shape index (κ1) is 42.1. The Bertz CT molecular complexity index is 2910. The second kappa shape index (κ2) is 15.7. The van der Waals surface area contributed by atoms with Crippen LogP contribution in [0, 0.1) is 25.7 Å². The molecule has 0 radical (unpaired) electrons. The molecular formula is C55H53N4OPt-3. The van der Waals surface area contributed by atoms with E-state index in [0.29, 0.717) is 11.5 Å². The van der Waals surface area contributed by atoms with Crippen molar-refractivity contribution in [1.82, 2.24) is 9.55 Å². The zero-order valence-corrected chi connectivity index (χ0v) is 39.1. The molecule has 9 rings (SSSR count). The van der Waals surface area contributed by atoms with Crippen LogP contribution < -0.4 is 14.5 Å². The van der Waals surface area contributed by atoms with Gasteiger partial charge in [0.25, 0.3) is 0 Å². The predicted octanol–water partition coefficient (Wildman–Crippen LogP) is 14.8. The van der Waals surface area contributed by atoms with Gasteiger partial charge in [0.15, 0.2) is 0 Å². The number of aromatic nitrogens is 2. The van der Waals surface area contributed by atoms with Crippen molar-refractivity contribution in [3.8, 4) is 28.4 Å². The van der Waals surface area contributed by atoms with Gasteiger partial charge in [0.05, 0.1) is 0 Å². The SMILES string of the molecule is Cc1cccc(N2[CH-]N(c3[c-]c(Oc4[c-]c5c(cc4)c4ccc(C(C)(C)C)cc4n5-c4cc(C(C)(C)C)ccn4)cc(C(C)(C)C)c3)c3ccccc32)c1-c1ccccc1.[Pt]. The molecule has 0 bridgehead atoms. The van der Waals surface area contributed by atoms with Crippen molar-refractivity contribution in [2.45, 2.75) is 85.5 Å². The van der Waals surface area contributed by atoms with Crippen LogP contribution in [-0.2, 0) is 37.3 Å². The van der Waals surface area contributed by atoms with Gasteiger partial charge in [-0.2, -0.15) is 6.07 Å². The Morgan fingerprint density at radius 1 is 0.557 bits per heavy atom. The van der Waals surface area contributed by atoms with Gasteiger partial charge in [-0.15, -0.1) is 53.6 Å². The Morgan fingerprint density at radius 3 is 1.90 bits per heavy atom. The van der Waals surface area contributed by atoms with E-state index in [-0.39, 0.29) is 37.3 Å². The van der Waals surface area contributed by atoms with Crippen molar-refractivity contribution in [2.75, 3.05) is 9.80 Å². The fourth-order valence-electron chi connectivity index (χ4n) is 8.29. The number of fused-ring (bicyclic) bond motifs is 4. The van der Waals surface area contributed by atoms with E-state index in [9.17, 15) is 0 Å². The zero-order chi connectivity index (χ0) is 42.1. The van der Waals surface area contributed by atoms with Crippen LogP contribution in [-0.4, -0.2) is 9.55 Å². The maximum absolute atomic E-state index is 6.86. The van der Waals surface area contributed by atoms with Gasteiger partial charge in [0.1, 0.15) is 5.82 Å². The van der Waals surface area contributed by atoms with Crippen LogP contribution in [0.4, 0.5) is 22.7 Å². The van der Waals surface area contributed by atoms with Crippen LogP contribution in [0.5, 0.6) is 11.5 Å². The minimum Gasteiger partial charge on any atom is -0.509 e. The van der Waals surface area contributed by atoms with E-state index in [1.165, 1.54) is 27.8 Å². The molecule has 0 saturated heterocycles. The number of para-hydroxylation sites is 2. The van der Waals surface area contributed by atoms with Gasteiger partial charge in [0, 0.05) is 66.9 Å². The number of benzene rings is 6. The smallest absolute Gasteiger partial charge is 0.135 e. The van der Waals surface area contributed by atoms with Crippen LogP contribution in [0.15, 0.2) is 134 Å². The number of anilines is 4. The molecule has 0 unspecified atom stereocenters. The number of hydrogen-bond acceptors (Lipinski definition) is 4. The van der Waals surface area contributed by atoms with Gasteiger partial charge in [0.2, 0.25) is 0 Å². The Kier molecular flexibility index (Phi) is 10.8. The summed E-state index contributed by atoms with van der Waals surface area (Å²) in [6.45, 7) is 24.6. The van der Waals surface area contributed by atoms with Crippen molar-refractivity contribution in [3.05, 3.63) is 175 Å². The summed E-state index contributed by atoms with van der Waals surface area (Å²) >= 11 is 0. The predicted molar refractivity (Wildman–Crippen MR) is 250 cm³/mol. The molecule has 3 heterocycles. The van der Waals surface area contributed by atoms with E-state index in [1.54, 1.807) is 0 Å². The van der Waals surface area contributed by atoms with E-state index in [0.717, 1.165) is 55.9 Å². The summed E-state index contributed by atoms with van der Waals surface area (Å²) < 4.78 is 9.11. The number of nitrogens with zero attached hydrogens (tertiary/aromatic N) is 4. The molecule has 6 heteroatoms. The number of rotatable bonds is 6. The average molecular weight is 981 g/mol. The monoisotopic (exact) mass is 980 g/mol. The second-order valence-corrected chi connectivity index (χ2v) is 19.2. The molecule has 312 valence electrons. The molecule has 1 aliphatic heterocycles. The summed E-state index contributed by atoms with van der Waals surface area (Å²) in [5, 5.41) is 2.26. The molecule has 2 aromatic heterocycles. The Hall–Kier alpha value is -5.64. The third-order valence-corrected chi connectivity index (χ3v) is 11.7. The van der Waals surface area contributed by atoms with E-state index >= 15 is 0 Å². The molecule has 8 aromatic rings. The van der Waals surface area contributed by atoms with Gasteiger partial charge in [-0.25, -0.2) is 4.98 Å². The minimum absolute atomic E-state index is 0. The summed E-state index contributed by atoms with van der Waals surface area (Å²) in [5.74, 6) is 2.10. The molecule has 6 aromatic carbocycles. The molecule has 0 fully saturated rings. The zero-order valence-electron chi connectivity index (χ0n) is 36.8. The van der Waals surface area contributed by atoms with E-state index in [4.69, 9.17) is 9.72 Å². The minimum atomic E-state index is -0.160. The summed E-state index contributed by atoms with van der Waals surface area (Å²) in [7, 11) is 0. The molecule has 0 N–H and O–H groups in total. The van der Waals surface area contributed by atoms with Crippen LogP contribution in [0.25, 0.3) is 38.8 Å². The second-order valence-electron chi connectivity index (χ2n) is 19.2. The summed E-state index contributed by atoms with van der Waals surface area (Å²) in [6, 6.07) is 52.9. The normalized spacial score (nSPS) is 13.1. The topological polar surface area (TPSA) is 33.5 Å². The van der Waals surface area contributed by atoms with E-state index in [1.807, 2.05) is 12.3 Å². The standard InChI is InChI=1S/C55H53N4O.Pt/c1-36-17-16-22-48(52(36)37-18-12-11-13-19-37)58-35-57(46-20-14-15-21-47(46)58)41-29-40(55(8,9)10)30-43(33-41)60-42-24-26-45-44-25-23-38(53(2,3)4)31-49(44)59(50(45)34-42)51-32-39(27-28-56-51)54(5,6)7;/h11-32,35H,1-10H3;/q-3;. The fraction of sp³-hybridized carbons (Fsp3) is 0.236. The molecule has 1 aliphatic rings. The number of hydrogen-bond donors (Lipinski definition) is 0. The third-order valence-electron chi connectivity index (χ3n) is 11.7. The van der Waals surface area contributed by atoms with Crippen LogP contribution in [0.2, 0.25) is 0 Å². The number of aryl methyl sites for hydroxylation is 1. The summed E-state index contributed by atoms with van der Waals surface area (Å²) in [5.41, 5.74) is 13.2. The third kappa shape index (κ3) is 7.90. The largest absolute Gasteiger partial charge is 0.509 e. The van der Waals surface area contributed by atoms with Crippen LogP contribution in [0.3, 0.4) is 0 Å². The van der Waals surface area contributed by atoms with Gasteiger partial charge >= 0.3 is 0 Å². The number of ether oxygens (including phenoxy) is 1. The molecule has 0 amide bonds. The molecule has 0 aliphatic carbocycles. The Morgan fingerprint density at radius 2 is 1.20 bits per heavy atom. The fourth-order valence-corrected chi connectivity index (χ4v) is 8.29. The van der Waals surface area contributed by atoms with Crippen molar-refractivity contribution in [3.63, 3.8) is 0 Å². The molecule has 0 saturated carbocycles. The van der Waals surface area contributed by atoms with Gasteiger partial charge < -0.3 is 19.1 Å². The first-order valence-electron chi connectivity index (χ1n) is 21.0. The van der Waals surface area contributed by atoms with Gasteiger partial charge in [-0.3, -0.25) is 0 Å². The molecular weight excluding hydrogens is 928 g/mol. The van der Waals surface area contributed by atoms with E-state index < -0.39 is 0 Å². The molecule has 0 spiro atoms. The molecule has 0 atom stereocenters.